The van der Waals surface area contributed by atoms with E-state index in [0.717, 1.165) is 5.56 Å². The van der Waals surface area contributed by atoms with Crippen LogP contribution >= 0.6 is 19.4 Å². The number of anilines is 3. The number of unbranched alkanes of at least 4 members (excludes halogenated alkanes) is 1. The first kappa shape index (κ1) is 53.2. The van der Waals surface area contributed by atoms with Gasteiger partial charge in [-0.05, 0) is 96.6 Å². The Balaban J connectivity index is 1.08. The number of hydrogen-bond acceptors (Lipinski definition) is 10. The standard InChI is InChI=1S/C47H56ClN12O10P/c1-27(2)42(52-21-20-51-40(61)11-5-6-19-54-59-50)45(64)58-36(10-7-18-53-47(49)66)44(63)55-31-14-12-28(13-15-31)43(62)56-32-16-17-35-29(22-32)23-37(57-35)46(65)60-26-30(25-48)41-34-9-4-3-8-33(34)39(24-38(41)60)70-71(67,68)69/h3-4,8-9,12-17,22-24,27,30,36,42,52,57H,5-7,10-11,18-21,25-26H2,1-2H3,(H,51,61)(H,55,63)(H,56,62)(H,58,64)(H3,49,53,66)(H2,67,68,69)/t30-,36+,42+/m1/s1. The number of nitrogens with zero attached hydrogens (tertiary/aromatic N) is 4. The number of benzene rings is 4. The van der Waals surface area contributed by atoms with Crippen LogP contribution in [0.1, 0.15) is 78.3 Å². The van der Waals surface area contributed by atoms with Gasteiger partial charge in [0, 0.05) is 95.1 Å². The first-order valence-electron chi connectivity index (χ1n) is 22.8. The van der Waals surface area contributed by atoms with Crippen molar-refractivity contribution in [2.24, 2.45) is 16.8 Å². The molecule has 71 heavy (non-hydrogen) atoms. The highest BCUT2D eigenvalue weighted by Gasteiger charge is 2.36. The zero-order chi connectivity index (χ0) is 51.2. The smallest absolute Gasteiger partial charge is 0.404 e. The quantitative estimate of drug-likeness (QED) is 0.00839. The first-order chi connectivity index (χ1) is 34.0. The Morgan fingerprint density at radius 2 is 1.65 bits per heavy atom. The van der Waals surface area contributed by atoms with Gasteiger partial charge in [0.25, 0.3) is 11.8 Å². The fourth-order valence-electron chi connectivity index (χ4n) is 8.25. The Morgan fingerprint density at radius 3 is 2.34 bits per heavy atom. The molecule has 0 aliphatic carbocycles. The molecule has 24 heteroatoms. The molecule has 22 nitrogen and oxygen atoms in total. The van der Waals surface area contributed by atoms with Crippen LogP contribution in [0.2, 0.25) is 0 Å². The van der Waals surface area contributed by atoms with E-state index in [2.05, 4.69) is 46.9 Å². The zero-order valence-electron chi connectivity index (χ0n) is 38.9. The van der Waals surface area contributed by atoms with Gasteiger partial charge in [0.2, 0.25) is 17.7 Å². The third-order valence-corrected chi connectivity index (χ3v) is 12.4. The van der Waals surface area contributed by atoms with Gasteiger partial charge < -0.3 is 52.0 Å². The minimum absolute atomic E-state index is 0.0777. The lowest BCUT2D eigenvalue weighted by Gasteiger charge is -2.25. The molecule has 3 atom stereocenters. The van der Waals surface area contributed by atoms with E-state index in [4.69, 9.17) is 27.4 Å². The second kappa shape index (κ2) is 24.6. The number of primary amides is 1. The van der Waals surface area contributed by atoms with Crippen LogP contribution in [0.25, 0.3) is 32.1 Å². The van der Waals surface area contributed by atoms with Crippen molar-refractivity contribution in [2.45, 2.75) is 64.0 Å². The Hall–Kier alpha value is -7.19. The minimum Gasteiger partial charge on any atom is -0.404 e. The van der Waals surface area contributed by atoms with Crippen molar-refractivity contribution < 1.29 is 47.6 Å². The number of fused-ring (bicyclic) bond motifs is 4. The summed E-state index contributed by atoms with van der Waals surface area (Å²) in [5.41, 5.74) is 16.6. The van der Waals surface area contributed by atoms with Gasteiger partial charge >= 0.3 is 13.9 Å². The van der Waals surface area contributed by atoms with Crippen LogP contribution < -0.4 is 47.1 Å². The van der Waals surface area contributed by atoms with Crippen molar-refractivity contribution in [3.63, 3.8) is 0 Å². The van der Waals surface area contributed by atoms with Gasteiger partial charge in [-0.2, -0.15) is 0 Å². The molecule has 6 rings (SSSR count). The summed E-state index contributed by atoms with van der Waals surface area (Å²) < 4.78 is 17.0. The Bertz CT molecular complexity index is 2870. The molecule has 1 aliphatic rings. The molecule has 2 heterocycles. The second-order valence-corrected chi connectivity index (χ2v) is 18.6. The van der Waals surface area contributed by atoms with E-state index in [-0.39, 0.29) is 79.7 Å². The van der Waals surface area contributed by atoms with Gasteiger partial charge in [0.05, 0.1) is 11.7 Å². The first-order valence-corrected chi connectivity index (χ1v) is 24.9. The maximum absolute atomic E-state index is 14.1. The summed E-state index contributed by atoms with van der Waals surface area (Å²) in [4.78, 5) is 105. The fraction of sp³-hybridized carbons (Fsp3) is 0.362. The number of hydrogen-bond donors (Lipinski definition) is 10. The van der Waals surface area contributed by atoms with E-state index in [0.29, 0.717) is 64.5 Å². The van der Waals surface area contributed by atoms with E-state index in [1.807, 2.05) is 13.8 Å². The fourth-order valence-corrected chi connectivity index (χ4v) is 8.91. The Kier molecular flexibility index (Phi) is 18.4. The summed E-state index contributed by atoms with van der Waals surface area (Å²) >= 11 is 6.41. The lowest BCUT2D eigenvalue weighted by atomic mass is 9.95. The molecule has 1 aliphatic heterocycles. The molecule has 0 fully saturated rings. The van der Waals surface area contributed by atoms with Crippen molar-refractivity contribution in [3.8, 4) is 5.75 Å². The predicted molar refractivity (Wildman–Crippen MR) is 269 cm³/mol. The summed E-state index contributed by atoms with van der Waals surface area (Å²) in [6.07, 6.45) is 1.88. The molecule has 4 aromatic carbocycles. The number of azide groups is 1. The number of H-pyrrole nitrogens is 1. The van der Waals surface area contributed by atoms with Gasteiger partial charge in [0.1, 0.15) is 17.5 Å². The van der Waals surface area contributed by atoms with Crippen molar-refractivity contribution in [1.82, 2.24) is 26.3 Å². The number of rotatable bonds is 24. The van der Waals surface area contributed by atoms with Crippen LogP contribution in [0.5, 0.6) is 5.75 Å². The highest BCUT2D eigenvalue weighted by molar-refractivity contribution is 7.46. The number of aromatic amines is 1. The number of carbonyl (C=O) groups excluding carboxylic acids is 6. The Morgan fingerprint density at radius 1 is 0.915 bits per heavy atom. The molecule has 7 amide bonds. The Labute approximate surface area is 413 Å². The van der Waals surface area contributed by atoms with E-state index in [9.17, 15) is 43.1 Å². The normalized spacial score (nSPS) is 14.0. The van der Waals surface area contributed by atoms with Gasteiger partial charge in [0.15, 0.2) is 0 Å². The maximum Gasteiger partial charge on any atom is 0.524 e. The zero-order valence-corrected chi connectivity index (χ0v) is 40.6. The number of carbonyl (C=O) groups is 6. The molecule has 0 bridgehead atoms. The van der Waals surface area contributed by atoms with Crippen LogP contribution in [-0.4, -0.2) is 101 Å². The van der Waals surface area contributed by atoms with Crippen molar-refractivity contribution >= 4 is 93.7 Å². The van der Waals surface area contributed by atoms with Crippen molar-refractivity contribution in [1.29, 1.82) is 0 Å². The molecule has 0 unspecified atom stereocenters. The van der Waals surface area contributed by atoms with Crippen LogP contribution in [0.3, 0.4) is 0 Å². The molecule has 0 radical (unpaired) electrons. The SMILES string of the molecule is CC(C)[C@H](NCCNC(=O)CCCCN=[N+]=[N-])C(=O)N[C@@H](CCCNC(N)=O)C(=O)Nc1ccc(C(=O)Nc2ccc3[nH]c(C(=O)N4C[C@@H](CCl)c5c4cc(OP(=O)(O)O)c4ccccc54)cc3c2)cc1. The van der Waals surface area contributed by atoms with Crippen LogP contribution in [0.15, 0.2) is 84.0 Å². The number of urea groups is 1. The summed E-state index contributed by atoms with van der Waals surface area (Å²) in [5.74, 6) is -2.40. The second-order valence-electron chi connectivity index (χ2n) is 17.1. The van der Waals surface area contributed by atoms with E-state index < -0.39 is 49.6 Å². The molecule has 0 saturated carbocycles. The molecule has 0 spiro atoms. The van der Waals surface area contributed by atoms with Gasteiger partial charge in [-0.25, -0.2) is 9.36 Å². The topological polar surface area (TPSA) is 335 Å². The largest absolute Gasteiger partial charge is 0.524 e. The monoisotopic (exact) mass is 1010 g/mol. The number of phosphoric acid groups is 1. The molecule has 1 aromatic heterocycles. The molecular weight excluding hydrogens is 959 g/mol. The predicted octanol–water partition coefficient (Wildman–Crippen LogP) is 6.11. The van der Waals surface area contributed by atoms with E-state index in [1.54, 1.807) is 48.5 Å². The summed E-state index contributed by atoms with van der Waals surface area (Å²) in [5, 5.41) is 22.0. The number of alkyl halides is 1. The summed E-state index contributed by atoms with van der Waals surface area (Å²) in [6.45, 7) is 4.89. The van der Waals surface area contributed by atoms with Gasteiger partial charge in [-0.15, -0.1) is 11.6 Å². The van der Waals surface area contributed by atoms with Crippen molar-refractivity contribution in [3.05, 3.63) is 106 Å². The van der Waals surface area contributed by atoms with Gasteiger partial charge in [-0.1, -0.05) is 43.2 Å². The average molecular weight is 1020 g/mol. The van der Waals surface area contributed by atoms with E-state index in [1.165, 1.54) is 35.2 Å². The van der Waals surface area contributed by atoms with Crippen LogP contribution in [-0.2, 0) is 18.9 Å². The molecule has 0 saturated heterocycles. The van der Waals surface area contributed by atoms with Gasteiger partial charge in [-0.3, -0.25) is 33.8 Å². The number of amides is 7. The van der Waals surface area contributed by atoms with Crippen molar-refractivity contribution in [2.75, 3.05) is 54.1 Å². The number of halogens is 1. The molecule has 5 aromatic rings. The lowest BCUT2D eigenvalue weighted by molar-refractivity contribution is -0.128. The lowest BCUT2D eigenvalue weighted by Crippen LogP contribution is -2.54. The van der Waals surface area contributed by atoms with Crippen LogP contribution in [0, 0.1) is 5.92 Å². The molecule has 11 N–H and O–H groups in total. The summed E-state index contributed by atoms with van der Waals surface area (Å²) in [7, 11) is -4.95. The van der Waals surface area contributed by atoms with E-state index >= 15 is 0 Å². The number of phosphoric ester groups is 1. The highest BCUT2D eigenvalue weighted by Crippen LogP contribution is 2.49. The number of nitrogens with one attached hydrogen (secondary N) is 7. The molecular formula is C47H56ClN12O10P. The average Bonchev–Trinajstić information content (AvgIpc) is 3.93. The maximum atomic E-state index is 14.1. The van der Waals surface area contributed by atoms with Crippen LogP contribution in [0.4, 0.5) is 21.9 Å². The number of nitrogens with two attached hydrogens (primary N) is 1. The third-order valence-electron chi connectivity index (χ3n) is 11.6. The number of aromatic nitrogens is 1. The highest BCUT2D eigenvalue weighted by atomic mass is 35.5. The third kappa shape index (κ3) is 14.4. The molecule has 376 valence electrons. The minimum atomic E-state index is -4.95. The summed E-state index contributed by atoms with van der Waals surface area (Å²) in [6, 6.07) is 18.8.